The molecule has 0 spiro atoms. The van der Waals surface area contributed by atoms with E-state index in [9.17, 15) is 14.7 Å². The second-order valence-corrected chi connectivity index (χ2v) is 8.79. The van der Waals surface area contributed by atoms with Gasteiger partial charge in [0.05, 0.1) is 5.57 Å². The molecule has 1 aliphatic carbocycles. The number of likely N-dealkylation sites (tertiary alicyclic amines) is 1. The Bertz CT molecular complexity index is 1030. The highest BCUT2D eigenvalue weighted by Gasteiger charge is 2.47. The van der Waals surface area contributed by atoms with E-state index in [0.29, 0.717) is 23.6 Å². The van der Waals surface area contributed by atoms with Crippen molar-refractivity contribution in [1.82, 2.24) is 9.80 Å². The minimum absolute atomic E-state index is 0.111. The molecular weight excluding hydrogens is 392 g/mol. The summed E-state index contributed by atoms with van der Waals surface area (Å²) < 4.78 is 5.83. The molecular formula is C25H30N2O4. The van der Waals surface area contributed by atoms with E-state index in [0.717, 1.165) is 32.2 Å². The zero-order chi connectivity index (χ0) is 22.1. The Kier molecular flexibility index (Phi) is 6.01. The van der Waals surface area contributed by atoms with Crippen LogP contribution in [0, 0.1) is 6.92 Å². The van der Waals surface area contributed by atoms with Crippen LogP contribution < -0.4 is 0 Å². The van der Waals surface area contributed by atoms with Gasteiger partial charge in [-0.05, 0) is 89.0 Å². The van der Waals surface area contributed by atoms with Gasteiger partial charge in [0.2, 0.25) is 0 Å². The minimum atomic E-state index is -0.716. The van der Waals surface area contributed by atoms with E-state index in [1.807, 2.05) is 50.2 Å². The molecule has 1 aliphatic heterocycles. The lowest BCUT2D eigenvalue weighted by atomic mass is 9.89. The SMILES string of the molecule is Cc1ccc(C2/C(=C(/O)c3ccc4c(c3)CCCC4)C(=O)C(=O)N2CCCN(C)C)o1. The number of fused-ring (bicyclic) bond motifs is 1. The van der Waals surface area contributed by atoms with E-state index < -0.39 is 17.7 Å². The van der Waals surface area contributed by atoms with E-state index in [-0.39, 0.29) is 11.3 Å². The first kappa shape index (κ1) is 21.4. The quantitative estimate of drug-likeness (QED) is 0.435. The highest BCUT2D eigenvalue weighted by atomic mass is 16.3. The maximum Gasteiger partial charge on any atom is 0.295 e. The van der Waals surface area contributed by atoms with Gasteiger partial charge in [0.15, 0.2) is 0 Å². The van der Waals surface area contributed by atoms with Gasteiger partial charge in [0, 0.05) is 12.1 Å². The Morgan fingerprint density at radius 3 is 2.55 bits per heavy atom. The van der Waals surface area contributed by atoms with Crippen molar-refractivity contribution in [2.45, 2.75) is 45.1 Å². The van der Waals surface area contributed by atoms with Crippen LogP contribution in [0.25, 0.3) is 5.76 Å². The summed E-state index contributed by atoms with van der Waals surface area (Å²) in [6, 6.07) is 8.73. The van der Waals surface area contributed by atoms with Gasteiger partial charge in [0.1, 0.15) is 23.3 Å². The molecule has 31 heavy (non-hydrogen) atoms. The number of hydrogen-bond acceptors (Lipinski definition) is 5. The Labute approximate surface area is 183 Å². The molecule has 2 aromatic rings. The van der Waals surface area contributed by atoms with Crippen LogP contribution in [0.4, 0.5) is 0 Å². The van der Waals surface area contributed by atoms with Gasteiger partial charge in [-0.2, -0.15) is 0 Å². The fraction of sp³-hybridized carbons (Fsp3) is 0.440. The number of Topliss-reactive ketones (excluding diaryl/α,β-unsaturated/α-hetero) is 1. The summed E-state index contributed by atoms with van der Waals surface area (Å²) in [5.74, 6) is -0.166. The van der Waals surface area contributed by atoms with Crippen molar-refractivity contribution in [2.24, 2.45) is 0 Å². The van der Waals surface area contributed by atoms with Gasteiger partial charge in [0.25, 0.3) is 11.7 Å². The fourth-order valence-corrected chi connectivity index (χ4v) is 4.60. The maximum atomic E-state index is 13.0. The third kappa shape index (κ3) is 4.17. The standard InChI is InChI=1S/C25H30N2O4/c1-16-9-12-20(31-16)22-21(24(29)25(30)27(22)14-6-13-26(2)3)23(28)19-11-10-17-7-4-5-8-18(17)15-19/h9-12,15,22,28H,4-8,13-14H2,1-3H3/b23-21-. The summed E-state index contributed by atoms with van der Waals surface area (Å²) in [5, 5.41) is 11.2. The van der Waals surface area contributed by atoms with Crippen LogP contribution >= 0.6 is 0 Å². The summed E-state index contributed by atoms with van der Waals surface area (Å²) in [5.41, 5.74) is 3.20. The maximum absolute atomic E-state index is 13.0. The van der Waals surface area contributed by atoms with Crippen molar-refractivity contribution in [2.75, 3.05) is 27.2 Å². The number of nitrogens with zero attached hydrogens (tertiary/aromatic N) is 2. The Balaban J connectivity index is 1.76. The number of ketones is 1. The monoisotopic (exact) mass is 422 g/mol. The third-order valence-electron chi connectivity index (χ3n) is 6.20. The number of aliphatic hydroxyl groups is 1. The van der Waals surface area contributed by atoms with E-state index in [1.165, 1.54) is 22.4 Å². The van der Waals surface area contributed by atoms with Crippen molar-refractivity contribution in [3.8, 4) is 0 Å². The zero-order valence-corrected chi connectivity index (χ0v) is 18.5. The number of hydrogen-bond donors (Lipinski definition) is 1. The Morgan fingerprint density at radius 2 is 1.87 bits per heavy atom. The number of carbonyl (C=O) groups excluding carboxylic acids is 2. The average molecular weight is 423 g/mol. The number of benzene rings is 1. The van der Waals surface area contributed by atoms with Crippen molar-refractivity contribution in [3.05, 3.63) is 64.1 Å². The number of aryl methyl sites for hydroxylation is 3. The van der Waals surface area contributed by atoms with E-state index in [2.05, 4.69) is 0 Å². The van der Waals surface area contributed by atoms with Crippen LogP contribution in [0.15, 0.2) is 40.3 Å². The van der Waals surface area contributed by atoms with Crippen LogP contribution in [-0.4, -0.2) is 53.8 Å². The van der Waals surface area contributed by atoms with Gasteiger partial charge >= 0.3 is 0 Å². The van der Waals surface area contributed by atoms with Crippen LogP contribution in [0.2, 0.25) is 0 Å². The lowest BCUT2D eigenvalue weighted by Gasteiger charge is -2.24. The molecule has 6 nitrogen and oxygen atoms in total. The summed E-state index contributed by atoms with van der Waals surface area (Å²) in [7, 11) is 3.94. The molecule has 1 amide bonds. The molecule has 1 N–H and O–H groups in total. The highest BCUT2D eigenvalue weighted by molar-refractivity contribution is 6.46. The molecule has 1 atom stereocenters. The smallest absolute Gasteiger partial charge is 0.295 e. The van der Waals surface area contributed by atoms with Gasteiger partial charge < -0.3 is 19.3 Å². The molecule has 164 valence electrons. The Morgan fingerprint density at radius 1 is 1.13 bits per heavy atom. The molecule has 2 aliphatic rings. The van der Waals surface area contributed by atoms with Crippen molar-refractivity contribution in [3.63, 3.8) is 0 Å². The number of aliphatic hydroxyl groups excluding tert-OH is 1. The van der Waals surface area contributed by atoms with Crippen molar-refractivity contribution in [1.29, 1.82) is 0 Å². The lowest BCUT2D eigenvalue weighted by molar-refractivity contribution is -0.140. The fourth-order valence-electron chi connectivity index (χ4n) is 4.60. The predicted octanol–water partition coefficient (Wildman–Crippen LogP) is 3.84. The second-order valence-electron chi connectivity index (χ2n) is 8.79. The first-order valence-electron chi connectivity index (χ1n) is 11.0. The van der Waals surface area contributed by atoms with Crippen molar-refractivity contribution >= 4 is 17.4 Å². The largest absolute Gasteiger partial charge is 0.507 e. The number of furan rings is 1. The van der Waals surface area contributed by atoms with Gasteiger partial charge in [-0.1, -0.05) is 12.1 Å². The molecule has 1 saturated heterocycles. The van der Waals surface area contributed by atoms with Gasteiger partial charge in [-0.15, -0.1) is 0 Å². The first-order valence-corrected chi connectivity index (χ1v) is 11.0. The summed E-state index contributed by atoms with van der Waals surface area (Å²) in [6.45, 7) is 3.02. The number of amides is 1. The van der Waals surface area contributed by atoms with E-state index in [1.54, 1.807) is 6.07 Å². The van der Waals surface area contributed by atoms with Crippen LogP contribution in [0.3, 0.4) is 0 Å². The second kappa shape index (κ2) is 8.71. The van der Waals surface area contributed by atoms with Gasteiger partial charge in [-0.3, -0.25) is 9.59 Å². The minimum Gasteiger partial charge on any atom is -0.507 e. The summed E-state index contributed by atoms with van der Waals surface area (Å²) in [4.78, 5) is 29.5. The molecule has 2 heterocycles. The number of carbonyl (C=O) groups is 2. The molecule has 4 rings (SSSR count). The number of rotatable bonds is 6. The van der Waals surface area contributed by atoms with Crippen LogP contribution in [0.1, 0.15) is 53.5 Å². The summed E-state index contributed by atoms with van der Waals surface area (Å²) >= 11 is 0. The molecule has 0 bridgehead atoms. The predicted molar refractivity (Wildman–Crippen MR) is 119 cm³/mol. The van der Waals surface area contributed by atoms with E-state index >= 15 is 0 Å². The third-order valence-corrected chi connectivity index (χ3v) is 6.20. The first-order chi connectivity index (χ1) is 14.9. The molecule has 0 radical (unpaired) electrons. The zero-order valence-electron chi connectivity index (χ0n) is 18.5. The topological polar surface area (TPSA) is 74.0 Å². The molecule has 1 aromatic carbocycles. The molecule has 6 heteroatoms. The van der Waals surface area contributed by atoms with Crippen LogP contribution in [0.5, 0.6) is 0 Å². The van der Waals surface area contributed by atoms with Crippen molar-refractivity contribution < 1.29 is 19.1 Å². The average Bonchev–Trinajstić information content (AvgIpc) is 3.28. The normalized spacial score (nSPS) is 20.5. The Hall–Kier alpha value is -2.86. The molecule has 1 aromatic heterocycles. The highest BCUT2D eigenvalue weighted by Crippen LogP contribution is 2.40. The van der Waals surface area contributed by atoms with E-state index in [4.69, 9.17) is 4.42 Å². The lowest BCUT2D eigenvalue weighted by Crippen LogP contribution is -2.32. The van der Waals surface area contributed by atoms with Crippen LogP contribution in [-0.2, 0) is 22.4 Å². The molecule has 1 unspecified atom stereocenters. The molecule has 0 saturated carbocycles. The molecule has 1 fully saturated rings. The van der Waals surface area contributed by atoms with Gasteiger partial charge in [-0.25, -0.2) is 0 Å². The summed E-state index contributed by atoms with van der Waals surface area (Å²) in [6.07, 6.45) is 5.02.